The van der Waals surface area contributed by atoms with Crippen LogP contribution in [0, 0.1) is 11.8 Å². The predicted octanol–water partition coefficient (Wildman–Crippen LogP) is 6.61. The van der Waals surface area contributed by atoms with Gasteiger partial charge in [0, 0.05) is 41.2 Å². The van der Waals surface area contributed by atoms with E-state index in [1.807, 2.05) is 20.8 Å². The number of halogens is 3. The molecule has 2 aliphatic heterocycles. The highest BCUT2D eigenvalue weighted by Gasteiger charge is 2.53. The average Bonchev–Trinajstić information content (AvgIpc) is 3.58. The van der Waals surface area contributed by atoms with Crippen LogP contribution < -0.4 is 20.7 Å². The second kappa shape index (κ2) is 12.2. The van der Waals surface area contributed by atoms with Gasteiger partial charge in [-0.2, -0.15) is 13.2 Å². The number of carbonyl (C=O) groups excluding carboxylic acids is 2. The molecule has 3 aromatic rings. The molecule has 2 amide bonds. The van der Waals surface area contributed by atoms with Crippen molar-refractivity contribution in [2.24, 2.45) is 0 Å². The van der Waals surface area contributed by atoms with Crippen LogP contribution >= 0.6 is 0 Å². The molecule has 3 heterocycles. The third kappa shape index (κ3) is 6.80. The van der Waals surface area contributed by atoms with Gasteiger partial charge in [-0.05, 0) is 89.1 Å². The summed E-state index contributed by atoms with van der Waals surface area (Å²) in [5, 5.41) is 9.92. The van der Waals surface area contributed by atoms with Gasteiger partial charge in [-0.15, -0.1) is 0 Å². The fourth-order valence-electron chi connectivity index (χ4n) is 6.49. The summed E-state index contributed by atoms with van der Waals surface area (Å²) in [7, 11) is 1.59. The number of anilines is 2. The molecular weight excluding hydrogens is 611 g/mol. The zero-order chi connectivity index (χ0) is 33.6. The van der Waals surface area contributed by atoms with Gasteiger partial charge in [0.25, 0.3) is 5.91 Å². The lowest BCUT2D eigenvalue weighted by Gasteiger charge is -2.37. The Kier molecular flexibility index (Phi) is 8.45. The monoisotopic (exact) mass is 651 g/mol. The second-order valence-electron chi connectivity index (χ2n) is 13.5. The first-order valence-electron chi connectivity index (χ1n) is 16.0. The Labute approximate surface area is 272 Å². The molecule has 0 radical (unpaired) electrons. The Balaban J connectivity index is 1.26. The molecular formula is C35H40F3N5O4. The van der Waals surface area contributed by atoms with Gasteiger partial charge in [0.15, 0.2) is 0 Å². The maximum absolute atomic E-state index is 13.8. The van der Waals surface area contributed by atoms with Gasteiger partial charge >= 0.3 is 12.3 Å². The molecule has 1 unspecified atom stereocenters. The predicted molar refractivity (Wildman–Crippen MR) is 174 cm³/mol. The highest BCUT2D eigenvalue weighted by molar-refractivity contribution is 5.98. The summed E-state index contributed by atoms with van der Waals surface area (Å²) < 4.78 is 54.2. The molecule has 3 N–H and O–H groups in total. The standard InChI is InChI=1S/C35H40F3N5O4/c1-33(2,3)47-32(45)42-18-6-5-12-28(42)41-25-10-7-11-27-24(25)19-22(43(27)20-35(36,37)38)9-8-17-40-26-14-13-23(31(44)39-4)29-30(26)46-21-34(29)15-16-34/h7,10-11,13-14,19,28,40-41H,5-6,12,15-18,20-21H2,1-4H3,(H,39,44). The maximum Gasteiger partial charge on any atom is 0.411 e. The lowest BCUT2D eigenvalue weighted by molar-refractivity contribution is -0.140. The molecule has 6 rings (SSSR count). The highest BCUT2D eigenvalue weighted by atomic mass is 19.4. The van der Waals surface area contributed by atoms with Crippen molar-refractivity contribution in [2.45, 2.75) is 82.8 Å². The summed E-state index contributed by atoms with van der Waals surface area (Å²) in [6, 6.07) is 10.4. The fourth-order valence-corrected chi connectivity index (χ4v) is 6.49. The Bertz CT molecular complexity index is 1760. The van der Waals surface area contributed by atoms with E-state index in [1.54, 1.807) is 48.3 Å². The Morgan fingerprint density at radius 2 is 1.89 bits per heavy atom. The molecule has 47 heavy (non-hydrogen) atoms. The number of ether oxygens (including phenoxy) is 2. The zero-order valence-corrected chi connectivity index (χ0v) is 27.1. The summed E-state index contributed by atoms with van der Waals surface area (Å²) in [6.45, 7) is 5.42. The lowest BCUT2D eigenvalue weighted by atomic mass is 9.92. The Hall–Kier alpha value is -4.53. The first-order valence-corrected chi connectivity index (χ1v) is 16.0. The molecule has 1 saturated heterocycles. The van der Waals surface area contributed by atoms with E-state index in [2.05, 4.69) is 27.8 Å². The molecule has 250 valence electrons. The van der Waals surface area contributed by atoms with Gasteiger partial charge < -0.3 is 30.0 Å². The number of piperidine rings is 1. The first kappa shape index (κ1) is 32.4. The van der Waals surface area contributed by atoms with Crippen LogP contribution in [0.1, 0.15) is 74.5 Å². The SMILES string of the molecule is CNC(=O)c1ccc(NCC#Cc2cc3c(NC4CCCCN4C(=O)OC(C)(C)C)cccc3n2CC(F)(F)F)c2c1C1(CC1)CO2. The number of nitrogens with zero attached hydrogens (tertiary/aromatic N) is 2. The maximum atomic E-state index is 13.8. The average molecular weight is 652 g/mol. The topological polar surface area (TPSA) is 96.9 Å². The molecule has 12 heteroatoms. The third-order valence-electron chi connectivity index (χ3n) is 8.83. The number of hydrogen-bond donors (Lipinski definition) is 3. The molecule has 2 fully saturated rings. The third-order valence-corrected chi connectivity index (χ3v) is 8.83. The van der Waals surface area contributed by atoms with Crippen molar-refractivity contribution in [1.82, 2.24) is 14.8 Å². The Morgan fingerprint density at radius 1 is 1.11 bits per heavy atom. The normalized spacial score (nSPS) is 18.2. The summed E-state index contributed by atoms with van der Waals surface area (Å²) in [5.74, 6) is 6.40. The number of carbonyl (C=O) groups is 2. The molecule has 2 aromatic carbocycles. The number of likely N-dealkylation sites (tertiary alicyclic amines) is 1. The van der Waals surface area contributed by atoms with Gasteiger partial charge in [-0.3, -0.25) is 9.69 Å². The van der Waals surface area contributed by atoms with E-state index in [9.17, 15) is 22.8 Å². The number of benzene rings is 2. The summed E-state index contributed by atoms with van der Waals surface area (Å²) in [6.07, 6.45) is -0.952. The van der Waals surface area contributed by atoms with Gasteiger partial charge in [0.2, 0.25) is 0 Å². The summed E-state index contributed by atoms with van der Waals surface area (Å²) in [4.78, 5) is 27.2. The van der Waals surface area contributed by atoms with Crippen molar-refractivity contribution in [3.63, 3.8) is 0 Å². The van der Waals surface area contributed by atoms with Crippen LogP contribution in [0.15, 0.2) is 36.4 Å². The van der Waals surface area contributed by atoms with Crippen LogP contribution in [-0.2, 0) is 16.7 Å². The number of nitrogens with one attached hydrogen (secondary N) is 3. The molecule has 1 spiro atoms. The molecule has 9 nitrogen and oxygen atoms in total. The van der Waals surface area contributed by atoms with E-state index in [0.29, 0.717) is 53.2 Å². The summed E-state index contributed by atoms with van der Waals surface area (Å²) in [5.41, 5.74) is 2.62. The second-order valence-corrected chi connectivity index (χ2v) is 13.5. The van der Waals surface area contributed by atoms with Crippen LogP contribution in [0.5, 0.6) is 5.75 Å². The van der Waals surface area contributed by atoms with Gasteiger partial charge in [-0.1, -0.05) is 12.0 Å². The van der Waals surface area contributed by atoms with Crippen molar-refractivity contribution in [1.29, 1.82) is 0 Å². The molecule has 0 bridgehead atoms. The van der Waals surface area contributed by atoms with Crippen molar-refractivity contribution >= 4 is 34.3 Å². The van der Waals surface area contributed by atoms with Crippen LogP contribution in [-0.4, -0.2) is 66.2 Å². The first-order chi connectivity index (χ1) is 22.3. The van der Waals surface area contributed by atoms with Gasteiger partial charge in [0.1, 0.15) is 24.1 Å². The zero-order valence-electron chi connectivity index (χ0n) is 27.1. The summed E-state index contributed by atoms with van der Waals surface area (Å²) >= 11 is 0. The van der Waals surface area contributed by atoms with Crippen LogP contribution in [0.4, 0.5) is 29.3 Å². The van der Waals surface area contributed by atoms with Gasteiger partial charge in [-0.25, -0.2) is 4.79 Å². The van der Waals surface area contributed by atoms with E-state index in [4.69, 9.17) is 9.47 Å². The number of amides is 2. The van der Waals surface area contributed by atoms with Gasteiger partial charge in [0.05, 0.1) is 30.0 Å². The number of alkyl halides is 3. The molecule has 1 aromatic heterocycles. The van der Waals surface area contributed by atoms with Crippen LogP contribution in [0.3, 0.4) is 0 Å². The van der Waals surface area contributed by atoms with E-state index >= 15 is 0 Å². The van der Waals surface area contributed by atoms with E-state index < -0.39 is 24.4 Å². The number of rotatable bonds is 6. The number of aromatic nitrogens is 1. The van der Waals surface area contributed by atoms with Crippen LogP contribution in [0.2, 0.25) is 0 Å². The van der Waals surface area contributed by atoms with Crippen molar-refractivity contribution in [3.8, 4) is 17.6 Å². The molecule has 3 aliphatic rings. The Morgan fingerprint density at radius 3 is 2.60 bits per heavy atom. The van der Waals surface area contributed by atoms with Crippen molar-refractivity contribution < 1.29 is 32.2 Å². The largest absolute Gasteiger partial charge is 0.490 e. The number of hydrogen-bond acceptors (Lipinski definition) is 6. The molecule has 1 aliphatic carbocycles. The number of fused-ring (bicyclic) bond motifs is 3. The lowest BCUT2D eigenvalue weighted by Crippen LogP contribution is -2.49. The smallest absolute Gasteiger partial charge is 0.411 e. The van der Waals surface area contributed by atoms with E-state index in [0.717, 1.165) is 31.2 Å². The quantitative estimate of drug-likeness (QED) is 0.260. The fraction of sp³-hybridized carbons (Fsp3) is 0.486. The minimum atomic E-state index is -4.47. The van der Waals surface area contributed by atoms with Crippen LogP contribution in [0.25, 0.3) is 10.9 Å². The highest BCUT2D eigenvalue weighted by Crippen LogP contribution is 2.58. The van der Waals surface area contributed by atoms with E-state index in [-0.39, 0.29) is 29.7 Å². The minimum absolute atomic E-state index is 0.133. The molecule has 1 atom stereocenters. The van der Waals surface area contributed by atoms with Crippen molar-refractivity contribution in [3.05, 3.63) is 53.2 Å². The molecule has 1 saturated carbocycles. The minimum Gasteiger partial charge on any atom is -0.490 e. The van der Waals surface area contributed by atoms with E-state index in [1.165, 1.54) is 4.57 Å². The van der Waals surface area contributed by atoms with Crippen molar-refractivity contribution in [2.75, 3.05) is 37.4 Å².